The molecule has 2 N–H and O–H groups in total. The molecule has 27 heavy (non-hydrogen) atoms. The number of nitrogens with one attached hydrogen (secondary N) is 1. The maximum Gasteiger partial charge on any atom is 0.307 e. The van der Waals surface area contributed by atoms with Gasteiger partial charge < -0.3 is 14.8 Å². The van der Waals surface area contributed by atoms with E-state index in [1.54, 1.807) is 55.5 Å². The molecule has 0 aliphatic carbocycles. The van der Waals surface area contributed by atoms with Crippen LogP contribution in [0.2, 0.25) is 5.02 Å². The maximum atomic E-state index is 12.5. The molecule has 0 aliphatic rings. The summed E-state index contributed by atoms with van der Waals surface area (Å²) in [5.74, 6) is -0.577. The fourth-order valence-corrected chi connectivity index (χ4v) is 2.77. The molecule has 0 radical (unpaired) electrons. The summed E-state index contributed by atoms with van der Waals surface area (Å²) < 4.78 is 5.60. The summed E-state index contributed by atoms with van der Waals surface area (Å²) in [6.07, 6.45) is -0.101. The highest BCUT2D eigenvalue weighted by Crippen LogP contribution is 2.23. The highest BCUT2D eigenvalue weighted by molar-refractivity contribution is 6.30. The zero-order chi connectivity index (χ0) is 19.4. The standard InChI is InChI=1S/C20H17ClN2O4/c1-12-18(23-20(27-12)13-6-8-16(21)9-7-13)19(26)22-11-15-5-3-2-4-14(15)10-17(24)25/h2-9H,10-11H2,1H3,(H,22,26)(H,24,25). The Morgan fingerprint density at radius 2 is 1.78 bits per heavy atom. The molecule has 2 aromatic carbocycles. The number of aryl methyl sites for hydroxylation is 1. The number of hydrogen-bond acceptors (Lipinski definition) is 4. The van der Waals surface area contributed by atoms with Crippen molar-refractivity contribution in [2.75, 3.05) is 0 Å². The molecule has 138 valence electrons. The lowest BCUT2D eigenvalue weighted by molar-refractivity contribution is -0.136. The highest BCUT2D eigenvalue weighted by atomic mass is 35.5. The van der Waals surface area contributed by atoms with Gasteiger partial charge >= 0.3 is 5.97 Å². The van der Waals surface area contributed by atoms with Crippen molar-refractivity contribution in [3.05, 3.63) is 76.1 Å². The third-order valence-corrected chi connectivity index (χ3v) is 4.25. The highest BCUT2D eigenvalue weighted by Gasteiger charge is 2.18. The van der Waals surface area contributed by atoms with Crippen molar-refractivity contribution >= 4 is 23.5 Å². The van der Waals surface area contributed by atoms with Gasteiger partial charge in [0, 0.05) is 17.1 Å². The Kier molecular flexibility index (Phi) is 5.57. The molecular weight excluding hydrogens is 368 g/mol. The first-order valence-corrected chi connectivity index (χ1v) is 8.62. The van der Waals surface area contributed by atoms with Crippen LogP contribution in [0.1, 0.15) is 27.4 Å². The summed E-state index contributed by atoms with van der Waals surface area (Å²) in [6.45, 7) is 1.87. The van der Waals surface area contributed by atoms with Gasteiger partial charge in [-0.25, -0.2) is 4.98 Å². The minimum Gasteiger partial charge on any atom is -0.481 e. The summed E-state index contributed by atoms with van der Waals surface area (Å²) in [4.78, 5) is 27.7. The first-order valence-electron chi connectivity index (χ1n) is 8.24. The van der Waals surface area contributed by atoms with Crippen LogP contribution in [-0.2, 0) is 17.8 Å². The Labute approximate surface area is 160 Å². The molecule has 1 amide bonds. The van der Waals surface area contributed by atoms with E-state index >= 15 is 0 Å². The van der Waals surface area contributed by atoms with E-state index in [9.17, 15) is 9.59 Å². The fourth-order valence-electron chi connectivity index (χ4n) is 2.65. The van der Waals surface area contributed by atoms with E-state index in [0.717, 1.165) is 5.56 Å². The van der Waals surface area contributed by atoms with Crippen molar-refractivity contribution in [3.8, 4) is 11.5 Å². The third-order valence-electron chi connectivity index (χ3n) is 4.00. The number of carboxylic acid groups (broad SMARTS) is 1. The lowest BCUT2D eigenvalue weighted by Gasteiger charge is -2.08. The average Bonchev–Trinajstić information content (AvgIpc) is 3.02. The Morgan fingerprint density at radius 3 is 2.44 bits per heavy atom. The zero-order valence-corrected chi connectivity index (χ0v) is 15.3. The minimum absolute atomic E-state index is 0.101. The van der Waals surface area contributed by atoms with E-state index in [1.807, 2.05) is 0 Å². The molecule has 1 aromatic heterocycles. The number of nitrogens with zero attached hydrogens (tertiary/aromatic N) is 1. The van der Waals surface area contributed by atoms with E-state index in [4.69, 9.17) is 21.1 Å². The third kappa shape index (κ3) is 4.54. The number of aliphatic carboxylic acids is 1. The monoisotopic (exact) mass is 384 g/mol. The van der Waals surface area contributed by atoms with Gasteiger partial charge in [0.1, 0.15) is 5.76 Å². The zero-order valence-electron chi connectivity index (χ0n) is 14.5. The van der Waals surface area contributed by atoms with E-state index in [-0.39, 0.29) is 24.6 Å². The molecule has 6 nitrogen and oxygen atoms in total. The first kappa shape index (κ1) is 18.7. The molecule has 3 rings (SSSR count). The molecule has 7 heteroatoms. The Balaban J connectivity index is 1.74. The fraction of sp³-hybridized carbons (Fsp3) is 0.150. The number of aromatic nitrogens is 1. The normalized spacial score (nSPS) is 10.6. The van der Waals surface area contributed by atoms with Gasteiger partial charge in [0.15, 0.2) is 5.69 Å². The van der Waals surface area contributed by atoms with E-state index in [1.165, 1.54) is 0 Å². The lowest BCUT2D eigenvalue weighted by atomic mass is 10.0. The van der Waals surface area contributed by atoms with Crippen LogP contribution in [-0.4, -0.2) is 22.0 Å². The van der Waals surface area contributed by atoms with Crippen molar-refractivity contribution < 1.29 is 19.1 Å². The van der Waals surface area contributed by atoms with Crippen LogP contribution in [0.5, 0.6) is 0 Å². The summed E-state index contributed by atoms with van der Waals surface area (Å²) in [5, 5.41) is 12.4. The number of rotatable bonds is 6. The van der Waals surface area contributed by atoms with Gasteiger partial charge in [-0.2, -0.15) is 0 Å². The van der Waals surface area contributed by atoms with Crippen molar-refractivity contribution in [2.45, 2.75) is 19.9 Å². The average molecular weight is 385 g/mol. The van der Waals surface area contributed by atoms with Crippen molar-refractivity contribution in [1.29, 1.82) is 0 Å². The molecule has 0 unspecified atom stereocenters. The lowest BCUT2D eigenvalue weighted by Crippen LogP contribution is -2.24. The van der Waals surface area contributed by atoms with Gasteiger partial charge in [-0.15, -0.1) is 0 Å². The van der Waals surface area contributed by atoms with Crippen LogP contribution in [0, 0.1) is 6.92 Å². The molecule has 0 fully saturated rings. The number of carbonyl (C=O) groups is 2. The second-order valence-corrected chi connectivity index (χ2v) is 6.39. The number of hydrogen-bond donors (Lipinski definition) is 2. The molecule has 1 heterocycles. The summed E-state index contributed by atoms with van der Waals surface area (Å²) in [6, 6.07) is 14.0. The number of carboxylic acids is 1. The summed E-state index contributed by atoms with van der Waals surface area (Å²) in [5.41, 5.74) is 2.31. The number of carbonyl (C=O) groups excluding carboxylic acids is 1. The molecule has 0 aliphatic heterocycles. The number of oxazole rings is 1. The summed E-state index contributed by atoms with van der Waals surface area (Å²) >= 11 is 5.88. The Hall–Kier alpha value is -3.12. The molecule has 3 aromatic rings. The van der Waals surface area contributed by atoms with Crippen LogP contribution in [0.4, 0.5) is 0 Å². The molecule has 0 atom stereocenters. The van der Waals surface area contributed by atoms with Gasteiger partial charge in [-0.3, -0.25) is 9.59 Å². The number of halogens is 1. The smallest absolute Gasteiger partial charge is 0.307 e. The van der Waals surface area contributed by atoms with Crippen LogP contribution in [0.15, 0.2) is 52.9 Å². The Morgan fingerprint density at radius 1 is 1.11 bits per heavy atom. The quantitative estimate of drug-likeness (QED) is 0.673. The molecule has 0 saturated heterocycles. The maximum absolute atomic E-state index is 12.5. The van der Waals surface area contributed by atoms with Crippen LogP contribution in [0.3, 0.4) is 0 Å². The Bertz CT molecular complexity index is 980. The van der Waals surface area contributed by atoms with Gasteiger partial charge in [0.2, 0.25) is 5.89 Å². The number of amides is 1. The molecule has 0 spiro atoms. The predicted molar refractivity (Wildman–Crippen MR) is 101 cm³/mol. The van der Waals surface area contributed by atoms with Crippen LogP contribution in [0.25, 0.3) is 11.5 Å². The minimum atomic E-state index is -0.922. The molecular formula is C20H17ClN2O4. The van der Waals surface area contributed by atoms with E-state index < -0.39 is 5.97 Å². The van der Waals surface area contributed by atoms with Crippen molar-refractivity contribution in [2.24, 2.45) is 0 Å². The summed E-state index contributed by atoms with van der Waals surface area (Å²) in [7, 11) is 0. The molecule has 0 bridgehead atoms. The van der Waals surface area contributed by atoms with Gasteiger partial charge in [-0.1, -0.05) is 35.9 Å². The number of benzene rings is 2. The second kappa shape index (κ2) is 8.05. The van der Waals surface area contributed by atoms with Gasteiger partial charge in [0.25, 0.3) is 5.91 Å². The largest absolute Gasteiger partial charge is 0.481 e. The second-order valence-electron chi connectivity index (χ2n) is 5.95. The van der Waals surface area contributed by atoms with Gasteiger partial charge in [0.05, 0.1) is 6.42 Å². The predicted octanol–water partition coefficient (Wildman–Crippen LogP) is 3.86. The van der Waals surface area contributed by atoms with Crippen LogP contribution < -0.4 is 5.32 Å². The SMILES string of the molecule is Cc1oc(-c2ccc(Cl)cc2)nc1C(=O)NCc1ccccc1CC(=O)O. The van der Waals surface area contributed by atoms with Crippen molar-refractivity contribution in [3.63, 3.8) is 0 Å². The first-order chi connectivity index (χ1) is 12.9. The van der Waals surface area contributed by atoms with E-state index in [2.05, 4.69) is 10.3 Å². The molecule has 0 saturated carbocycles. The topological polar surface area (TPSA) is 92.4 Å². The van der Waals surface area contributed by atoms with Gasteiger partial charge in [-0.05, 0) is 42.3 Å². The van der Waals surface area contributed by atoms with E-state index in [0.29, 0.717) is 27.8 Å². The van der Waals surface area contributed by atoms with Crippen molar-refractivity contribution in [1.82, 2.24) is 10.3 Å². The van der Waals surface area contributed by atoms with Crippen LogP contribution >= 0.6 is 11.6 Å².